The summed E-state index contributed by atoms with van der Waals surface area (Å²) in [5, 5.41) is 22.6. The molecular formula is C34H41N7O2. The molecule has 0 aliphatic carbocycles. The number of aryl methyl sites for hydroxylation is 1. The van der Waals surface area contributed by atoms with Crippen LogP contribution in [-0.4, -0.2) is 89.6 Å². The Morgan fingerprint density at radius 3 is 2.74 bits per heavy atom. The van der Waals surface area contributed by atoms with Gasteiger partial charge in [0.25, 0.3) is 0 Å². The van der Waals surface area contributed by atoms with Crippen LogP contribution >= 0.6 is 0 Å². The molecule has 2 saturated heterocycles. The molecular weight excluding hydrogens is 538 g/mol. The lowest BCUT2D eigenvalue weighted by atomic mass is 10.0. The minimum Gasteiger partial charge on any atom is -0.462 e. The fraction of sp³-hybridized carbons (Fsp3) is 0.441. The van der Waals surface area contributed by atoms with Crippen molar-refractivity contribution in [3.63, 3.8) is 0 Å². The Kier molecular flexibility index (Phi) is 8.61. The molecule has 224 valence electrons. The maximum atomic E-state index is 10.6. The molecule has 9 heteroatoms. The molecule has 0 radical (unpaired) electrons. The van der Waals surface area contributed by atoms with Crippen LogP contribution in [0.1, 0.15) is 36.1 Å². The van der Waals surface area contributed by atoms with Crippen molar-refractivity contribution in [2.75, 3.05) is 56.2 Å². The first-order valence-electron chi connectivity index (χ1n) is 15.3. The average Bonchev–Trinajstić information content (AvgIpc) is 3.31. The maximum absolute atomic E-state index is 10.6. The predicted octanol–water partition coefficient (Wildman–Crippen LogP) is 4.35. The van der Waals surface area contributed by atoms with E-state index in [1.807, 2.05) is 4.90 Å². The minimum absolute atomic E-state index is 0.148. The molecule has 3 aromatic rings. The van der Waals surface area contributed by atoms with E-state index in [1.54, 1.807) is 0 Å². The number of anilines is 2. The van der Waals surface area contributed by atoms with E-state index < -0.39 is 6.23 Å². The van der Waals surface area contributed by atoms with E-state index in [0.29, 0.717) is 44.7 Å². The Balaban J connectivity index is 1.34. The topological polar surface area (TPSA) is 92.0 Å². The van der Waals surface area contributed by atoms with Gasteiger partial charge in [0, 0.05) is 61.1 Å². The molecule has 3 atom stereocenters. The Hall–Kier alpha value is -3.97. The van der Waals surface area contributed by atoms with Crippen molar-refractivity contribution in [1.29, 1.82) is 5.26 Å². The van der Waals surface area contributed by atoms with Crippen LogP contribution < -0.4 is 14.5 Å². The van der Waals surface area contributed by atoms with Gasteiger partial charge in [-0.25, -0.2) is 0 Å². The number of aliphatic hydroxyl groups excluding tert-OH is 1. The standard InChI is InChI=1S/C34H41N7O2/c1-4-31(42)41-21-20-40(22-26(41)13-16-35)33-28-14-18-39(30-12-6-10-25-9-5-8-24(2)32(25)30)19-15-29(28)36-34(37-33)43-23-27-11-7-17-38(27)3/h4-6,8-10,12,15,19,26-27,31,42H,1,7,11,13-14,17-18,20-23H2,2-3H3/t26?,27-,31?/m0/s1. The maximum Gasteiger partial charge on any atom is 0.318 e. The number of hydrogen-bond acceptors (Lipinski definition) is 9. The normalized spacial score (nSPS) is 21.8. The third kappa shape index (κ3) is 5.96. The highest BCUT2D eigenvalue weighted by molar-refractivity contribution is 5.97. The zero-order chi connectivity index (χ0) is 29.9. The Labute approximate surface area is 254 Å². The van der Waals surface area contributed by atoms with Gasteiger partial charge in [-0.15, -0.1) is 0 Å². The monoisotopic (exact) mass is 579 g/mol. The van der Waals surface area contributed by atoms with Gasteiger partial charge in [0.15, 0.2) is 0 Å². The molecule has 2 fully saturated rings. The van der Waals surface area contributed by atoms with E-state index in [0.717, 1.165) is 43.0 Å². The van der Waals surface area contributed by atoms with E-state index in [9.17, 15) is 10.4 Å². The van der Waals surface area contributed by atoms with E-state index in [1.165, 1.54) is 34.5 Å². The number of likely N-dealkylation sites (tertiary alicyclic amines) is 1. The highest BCUT2D eigenvalue weighted by atomic mass is 16.5. The molecule has 1 N–H and O–H groups in total. The van der Waals surface area contributed by atoms with Gasteiger partial charge in [0.05, 0.1) is 18.2 Å². The quantitative estimate of drug-likeness (QED) is 0.391. The molecule has 0 saturated carbocycles. The summed E-state index contributed by atoms with van der Waals surface area (Å²) in [7, 11) is 2.14. The summed E-state index contributed by atoms with van der Waals surface area (Å²) in [6.07, 6.45) is 8.30. The van der Waals surface area contributed by atoms with Crippen molar-refractivity contribution in [2.24, 2.45) is 0 Å². The van der Waals surface area contributed by atoms with Gasteiger partial charge < -0.3 is 24.5 Å². The van der Waals surface area contributed by atoms with E-state index in [-0.39, 0.29) is 6.04 Å². The molecule has 1 aromatic heterocycles. The van der Waals surface area contributed by atoms with Crippen molar-refractivity contribution in [3.8, 4) is 12.1 Å². The molecule has 0 amide bonds. The largest absolute Gasteiger partial charge is 0.462 e. The fourth-order valence-electron chi connectivity index (χ4n) is 6.78. The summed E-state index contributed by atoms with van der Waals surface area (Å²) < 4.78 is 6.28. The molecule has 2 unspecified atom stereocenters. The zero-order valence-electron chi connectivity index (χ0n) is 25.2. The van der Waals surface area contributed by atoms with Gasteiger partial charge in [-0.3, -0.25) is 4.90 Å². The van der Waals surface area contributed by atoms with E-state index in [2.05, 4.69) is 90.0 Å². The Morgan fingerprint density at radius 2 is 1.98 bits per heavy atom. The van der Waals surface area contributed by atoms with Gasteiger partial charge >= 0.3 is 6.01 Å². The van der Waals surface area contributed by atoms with Gasteiger partial charge in [-0.2, -0.15) is 15.2 Å². The first kappa shape index (κ1) is 29.1. The highest BCUT2D eigenvalue weighted by Crippen LogP contribution is 2.34. The fourth-order valence-corrected chi connectivity index (χ4v) is 6.78. The minimum atomic E-state index is -0.786. The second kappa shape index (κ2) is 12.7. The molecule has 0 spiro atoms. The first-order chi connectivity index (χ1) is 21.0. The summed E-state index contributed by atoms with van der Waals surface area (Å²) in [5.41, 5.74) is 4.37. The third-order valence-corrected chi connectivity index (χ3v) is 9.19. The van der Waals surface area contributed by atoms with Crippen LogP contribution in [0.25, 0.3) is 16.8 Å². The lowest BCUT2D eigenvalue weighted by Crippen LogP contribution is -2.56. The number of aliphatic hydroxyl groups is 1. The molecule has 6 rings (SSSR count). The van der Waals surface area contributed by atoms with Gasteiger partial charge in [0.2, 0.25) is 0 Å². The predicted molar refractivity (Wildman–Crippen MR) is 171 cm³/mol. The van der Waals surface area contributed by atoms with E-state index in [4.69, 9.17) is 14.7 Å². The van der Waals surface area contributed by atoms with Crippen molar-refractivity contribution < 1.29 is 9.84 Å². The number of likely N-dealkylation sites (N-methyl/N-ethyl adjacent to an activating group) is 1. The smallest absolute Gasteiger partial charge is 0.318 e. The Bertz CT molecular complexity index is 1540. The van der Waals surface area contributed by atoms with Crippen molar-refractivity contribution in [3.05, 3.63) is 72.1 Å². The number of benzene rings is 2. The summed E-state index contributed by atoms with van der Waals surface area (Å²) in [5.74, 6) is 0.857. The third-order valence-electron chi connectivity index (χ3n) is 9.19. The SMILES string of the molecule is C=CC(O)N1CCN(c2nc(OC[C@@H]3CCCN3C)nc3c2CCN(c2cccc4cccc(C)c24)C=C3)CC1CC#N. The number of ether oxygens (including phenoxy) is 1. The number of rotatable bonds is 8. The molecule has 0 bridgehead atoms. The van der Waals surface area contributed by atoms with Crippen LogP contribution in [0.5, 0.6) is 6.01 Å². The Morgan fingerprint density at radius 1 is 1.14 bits per heavy atom. The van der Waals surface area contributed by atoms with Crippen LogP contribution in [0.2, 0.25) is 0 Å². The van der Waals surface area contributed by atoms with Gasteiger partial charge in [-0.1, -0.05) is 36.9 Å². The molecule has 3 aliphatic rings. The summed E-state index contributed by atoms with van der Waals surface area (Å²) in [6, 6.07) is 15.8. The number of fused-ring (bicyclic) bond motifs is 2. The summed E-state index contributed by atoms with van der Waals surface area (Å²) >= 11 is 0. The molecule has 3 aliphatic heterocycles. The van der Waals surface area contributed by atoms with Crippen molar-refractivity contribution >= 4 is 28.4 Å². The van der Waals surface area contributed by atoms with Crippen LogP contribution in [0.4, 0.5) is 11.5 Å². The molecule has 4 heterocycles. The van der Waals surface area contributed by atoms with Gasteiger partial charge in [-0.05, 0) is 68.9 Å². The lowest BCUT2D eigenvalue weighted by molar-refractivity contribution is 0.00431. The molecule has 2 aromatic carbocycles. The highest BCUT2D eigenvalue weighted by Gasteiger charge is 2.33. The number of nitrogens with zero attached hydrogens (tertiary/aromatic N) is 7. The van der Waals surface area contributed by atoms with Crippen molar-refractivity contribution in [2.45, 2.75) is 50.9 Å². The summed E-state index contributed by atoms with van der Waals surface area (Å²) in [6.45, 7) is 10.2. The first-order valence-corrected chi connectivity index (χ1v) is 15.3. The molecule has 9 nitrogen and oxygen atoms in total. The van der Waals surface area contributed by atoms with Gasteiger partial charge in [0.1, 0.15) is 18.7 Å². The number of piperazine rings is 1. The zero-order valence-corrected chi connectivity index (χ0v) is 25.2. The number of hydrogen-bond donors (Lipinski definition) is 1. The lowest BCUT2D eigenvalue weighted by Gasteiger charge is -2.43. The van der Waals surface area contributed by atoms with Crippen molar-refractivity contribution in [1.82, 2.24) is 19.8 Å². The summed E-state index contributed by atoms with van der Waals surface area (Å²) in [4.78, 5) is 18.8. The number of nitriles is 1. The van der Waals surface area contributed by atoms with Crippen LogP contribution in [-0.2, 0) is 6.42 Å². The average molecular weight is 580 g/mol. The number of aromatic nitrogens is 2. The van der Waals surface area contributed by atoms with Crippen LogP contribution in [0.3, 0.4) is 0 Å². The van der Waals surface area contributed by atoms with E-state index >= 15 is 0 Å². The van der Waals surface area contributed by atoms with Crippen LogP contribution in [0, 0.1) is 18.3 Å². The molecule has 43 heavy (non-hydrogen) atoms. The van der Waals surface area contributed by atoms with Crippen LogP contribution in [0.15, 0.2) is 55.3 Å². The second-order valence-electron chi connectivity index (χ2n) is 11.8. The second-order valence-corrected chi connectivity index (χ2v) is 11.8.